The number of aromatic nitrogens is 2. The summed E-state index contributed by atoms with van der Waals surface area (Å²) in [6.45, 7) is 2.05. The highest BCUT2D eigenvalue weighted by molar-refractivity contribution is 9.10. The van der Waals surface area contributed by atoms with E-state index in [2.05, 4.69) is 43.5 Å². The van der Waals surface area contributed by atoms with Crippen molar-refractivity contribution >= 4 is 27.6 Å². The van der Waals surface area contributed by atoms with Gasteiger partial charge in [-0.15, -0.1) is 0 Å². The van der Waals surface area contributed by atoms with Gasteiger partial charge in [0.25, 0.3) is 0 Å². The molecule has 1 aromatic heterocycles. The number of nitrogens with zero attached hydrogens (tertiary/aromatic N) is 2. The Bertz CT molecular complexity index is 574. The van der Waals surface area contributed by atoms with Crippen molar-refractivity contribution in [2.24, 2.45) is 0 Å². The number of benzene rings is 1. The average Bonchev–Trinajstić information content (AvgIpc) is 2.44. The Balaban J connectivity index is 2.04. The molecule has 1 unspecified atom stereocenters. The lowest BCUT2D eigenvalue weighted by Gasteiger charge is -2.16. The maximum Gasteiger partial charge on any atom is 0.146 e. The fraction of sp³-hybridized carbons (Fsp3) is 0.286. The van der Waals surface area contributed by atoms with Crippen LogP contribution in [0.5, 0.6) is 0 Å². The fourth-order valence-electron chi connectivity index (χ4n) is 1.90. The molecule has 0 bridgehead atoms. The number of hydrogen-bond donors (Lipinski definition) is 2. The lowest BCUT2D eigenvalue weighted by molar-refractivity contribution is 0.626. The summed E-state index contributed by atoms with van der Waals surface area (Å²) in [6.07, 6.45) is 2.29. The molecule has 0 amide bonds. The summed E-state index contributed by atoms with van der Waals surface area (Å²) < 4.78 is 13.7. The average molecular weight is 339 g/mol. The summed E-state index contributed by atoms with van der Waals surface area (Å²) in [5.41, 5.74) is 1.07. The molecule has 2 N–H and O–H groups in total. The quantitative estimate of drug-likeness (QED) is 0.876. The predicted octanol–water partition coefficient (Wildman–Crippen LogP) is 3.46. The molecule has 106 valence electrons. The van der Waals surface area contributed by atoms with Crippen LogP contribution in [0.4, 0.5) is 16.0 Å². The van der Waals surface area contributed by atoms with Crippen LogP contribution in [0.15, 0.2) is 35.1 Å². The molecule has 0 aliphatic carbocycles. The van der Waals surface area contributed by atoms with E-state index in [9.17, 15) is 4.39 Å². The summed E-state index contributed by atoms with van der Waals surface area (Å²) >= 11 is 3.47. The molecule has 0 spiro atoms. The minimum Gasteiger partial charge on any atom is -0.372 e. The third-order valence-corrected chi connectivity index (χ3v) is 3.62. The van der Waals surface area contributed by atoms with Gasteiger partial charge in [0.2, 0.25) is 0 Å². The van der Waals surface area contributed by atoms with Crippen molar-refractivity contribution in [1.82, 2.24) is 9.97 Å². The summed E-state index contributed by atoms with van der Waals surface area (Å²) in [4.78, 5) is 8.32. The minimum atomic E-state index is -0.216. The standard InChI is InChI=1S/C14H16BrFN4/c1-9(7-10-3-5-11(16)6-4-10)20-14-12(15)13(17-2)18-8-19-14/h3-6,8-9H,7H2,1-2H3,(H2,17,18,19,20). The number of anilines is 2. The van der Waals surface area contributed by atoms with E-state index in [-0.39, 0.29) is 11.9 Å². The van der Waals surface area contributed by atoms with Gasteiger partial charge in [-0.05, 0) is 47.0 Å². The molecule has 0 saturated carbocycles. The topological polar surface area (TPSA) is 49.8 Å². The van der Waals surface area contributed by atoms with Crippen molar-refractivity contribution in [2.45, 2.75) is 19.4 Å². The first-order valence-corrected chi connectivity index (χ1v) is 7.08. The largest absolute Gasteiger partial charge is 0.372 e. The second-order valence-corrected chi connectivity index (χ2v) is 5.30. The lowest BCUT2D eigenvalue weighted by atomic mass is 10.1. The molecule has 1 heterocycles. The first-order valence-electron chi connectivity index (χ1n) is 6.29. The van der Waals surface area contributed by atoms with Crippen LogP contribution in [0, 0.1) is 5.82 Å². The van der Waals surface area contributed by atoms with Crippen molar-refractivity contribution in [2.75, 3.05) is 17.7 Å². The van der Waals surface area contributed by atoms with Gasteiger partial charge < -0.3 is 10.6 Å². The summed E-state index contributed by atoms with van der Waals surface area (Å²) in [7, 11) is 1.80. The van der Waals surface area contributed by atoms with Crippen LogP contribution in [-0.2, 0) is 6.42 Å². The van der Waals surface area contributed by atoms with E-state index < -0.39 is 0 Å². The van der Waals surface area contributed by atoms with E-state index >= 15 is 0 Å². The van der Waals surface area contributed by atoms with Crippen LogP contribution < -0.4 is 10.6 Å². The Morgan fingerprint density at radius 2 is 1.85 bits per heavy atom. The van der Waals surface area contributed by atoms with Crippen molar-refractivity contribution in [1.29, 1.82) is 0 Å². The van der Waals surface area contributed by atoms with Crippen LogP contribution in [0.2, 0.25) is 0 Å². The molecule has 20 heavy (non-hydrogen) atoms. The SMILES string of the molecule is CNc1ncnc(NC(C)Cc2ccc(F)cc2)c1Br. The molecular weight excluding hydrogens is 323 g/mol. The van der Waals surface area contributed by atoms with Crippen LogP contribution in [-0.4, -0.2) is 23.1 Å². The van der Waals surface area contributed by atoms with Gasteiger partial charge in [0.15, 0.2) is 0 Å². The highest BCUT2D eigenvalue weighted by Crippen LogP contribution is 2.26. The highest BCUT2D eigenvalue weighted by Gasteiger charge is 2.10. The number of hydrogen-bond acceptors (Lipinski definition) is 4. The molecule has 0 aliphatic rings. The Kier molecular flexibility index (Phi) is 4.89. The van der Waals surface area contributed by atoms with E-state index in [0.717, 1.165) is 28.1 Å². The molecule has 4 nitrogen and oxygen atoms in total. The Morgan fingerprint density at radius 1 is 1.20 bits per heavy atom. The van der Waals surface area contributed by atoms with Crippen molar-refractivity contribution in [3.63, 3.8) is 0 Å². The monoisotopic (exact) mass is 338 g/mol. The summed E-state index contributed by atoms with van der Waals surface area (Å²) in [5, 5.41) is 6.30. The summed E-state index contributed by atoms with van der Waals surface area (Å²) in [5.74, 6) is 1.25. The van der Waals surface area contributed by atoms with Crippen LogP contribution in [0.1, 0.15) is 12.5 Å². The van der Waals surface area contributed by atoms with Crippen LogP contribution in [0.3, 0.4) is 0 Å². The van der Waals surface area contributed by atoms with Gasteiger partial charge in [0, 0.05) is 13.1 Å². The fourth-order valence-corrected chi connectivity index (χ4v) is 2.42. The van der Waals surface area contributed by atoms with Gasteiger partial charge in [-0.25, -0.2) is 14.4 Å². The first kappa shape index (κ1) is 14.7. The van der Waals surface area contributed by atoms with Crippen molar-refractivity contribution in [3.8, 4) is 0 Å². The zero-order valence-electron chi connectivity index (χ0n) is 11.3. The molecule has 2 aromatic rings. The van der Waals surface area contributed by atoms with E-state index in [1.165, 1.54) is 18.5 Å². The van der Waals surface area contributed by atoms with Crippen LogP contribution >= 0.6 is 15.9 Å². The normalized spacial score (nSPS) is 12.0. The lowest BCUT2D eigenvalue weighted by Crippen LogP contribution is -2.19. The Labute approximate surface area is 126 Å². The maximum atomic E-state index is 12.9. The molecular formula is C14H16BrFN4. The second kappa shape index (κ2) is 6.65. The van der Waals surface area contributed by atoms with E-state index in [1.807, 2.05) is 0 Å². The smallest absolute Gasteiger partial charge is 0.146 e. The molecule has 6 heteroatoms. The van der Waals surface area contributed by atoms with Gasteiger partial charge >= 0.3 is 0 Å². The molecule has 0 saturated heterocycles. The van der Waals surface area contributed by atoms with E-state index in [4.69, 9.17) is 0 Å². The number of nitrogens with one attached hydrogen (secondary N) is 2. The molecule has 0 aliphatic heterocycles. The molecule has 1 atom stereocenters. The number of rotatable bonds is 5. The zero-order chi connectivity index (χ0) is 14.5. The predicted molar refractivity (Wildman–Crippen MR) is 82.5 cm³/mol. The minimum absolute atomic E-state index is 0.163. The van der Waals surface area contributed by atoms with Crippen molar-refractivity contribution in [3.05, 3.63) is 46.4 Å². The van der Waals surface area contributed by atoms with Crippen LogP contribution in [0.25, 0.3) is 0 Å². The highest BCUT2D eigenvalue weighted by atomic mass is 79.9. The van der Waals surface area contributed by atoms with Gasteiger partial charge in [-0.3, -0.25) is 0 Å². The third-order valence-electron chi connectivity index (χ3n) is 2.86. The van der Waals surface area contributed by atoms with Crippen molar-refractivity contribution < 1.29 is 4.39 Å². The number of halogens is 2. The summed E-state index contributed by atoms with van der Waals surface area (Å²) in [6, 6.07) is 6.70. The van der Waals surface area contributed by atoms with Gasteiger partial charge in [-0.1, -0.05) is 12.1 Å². The van der Waals surface area contributed by atoms with E-state index in [0.29, 0.717) is 0 Å². The Morgan fingerprint density at radius 3 is 2.50 bits per heavy atom. The Hall–Kier alpha value is -1.69. The van der Waals surface area contributed by atoms with E-state index in [1.54, 1.807) is 19.2 Å². The zero-order valence-corrected chi connectivity index (χ0v) is 12.9. The maximum absolute atomic E-state index is 12.9. The third kappa shape index (κ3) is 3.66. The second-order valence-electron chi connectivity index (χ2n) is 4.51. The molecule has 2 rings (SSSR count). The molecule has 0 radical (unpaired) electrons. The first-order chi connectivity index (χ1) is 9.60. The van der Waals surface area contributed by atoms with Gasteiger partial charge in [0.1, 0.15) is 28.3 Å². The van der Waals surface area contributed by atoms with Gasteiger partial charge in [-0.2, -0.15) is 0 Å². The molecule has 1 aromatic carbocycles. The van der Waals surface area contributed by atoms with Gasteiger partial charge in [0.05, 0.1) is 0 Å². The molecule has 0 fully saturated rings.